The van der Waals surface area contributed by atoms with Crippen molar-refractivity contribution < 1.29 is 5.11 Å². The van der Waals surface area contributed by atoms with Crippen LogP contribution in [-0.2, 0) is 6.42 Å². The molecule has 2 aromatic rings. The van der Waals surface area contributed by atoms with Gasteiger partial charge in [-0.2, -0.15) is 14.9 Å². The minimum atomic E-state index is 0.220. The average Bonchev–Trinajstić information content (AvgIpc) is 2.72. The number of halogens is 2. The van der Waals surface area contributed by atoms with Crippen molar-refractivity contribution in [3.63, 3.8) is 0 Å². The number of phenolic OH excluding ortho intramolecular Hbond substituents is 1. The van der Waals surface area contributed by atoms with Gasteiger partial charge in [-0.1, -0.05) is 6.92 Å². The average molecular weight is 500 g/mol. The summed E-state index contributed by atoms with van der Waals surface area (Å²) in [5, 5.41) is 21.0. The van der Waals surface area contributed by atoms with Gasteiger partial charge in [0.25, 0.3) is 0 Å². The van der Waals surface area contributed by atoms with Crippen LogP contribution in [0.3, 0.4) is 0 Å². The maximum Gasteiger partial charge on any atom is 0.216 e. The second-order valence-electron chi connectivity index (χ2n) is 3.68. The quantitative estimate of drug-likeness (QED) is 0.387. The first-order valence-electron chi connectivity index (χ1n) is 5.41. The number of H-pyrrole nitrogens is 1. The summed E-state index contributed by atoms with van der Waals surface area (Å²) in [7, 11) is 0. The molecule has 0 spiro atoms. The molecule has 0 atom stereocenters. The molecule has 1 aromatic heterocycles. The van der Waals surface area contributed by atoms with Crippen molar-refractivity contribution in [2.45, 2.75) is 13.3 Å². The lowest BCUT2D eigenvalue weighted by atomic mass is 10.2. The summed E-state index contributed by atoms with van der Waals surface area (Å²) >= 11 is 9.39. The summed E-state index contributed by atoms with van der Waals surface area (Å²) in [5.41, 5.74) is 0.654. The van der Waals surface area contributed by atoms with E-state index in [1.165, 1.54) is 0 Å². The molecule has 0 radical (unpaired) electrons. The van der Waals surface area contributed by atoms with Crippen LogP contribution in [0.5, 0.6) is 5.75 Å². The zero-order valence-electron chi connectivity index (χ0n) is 9.89. The maximum absolute atomic E-state index is 9.99. The molecule has 19 heavy (non-hydrogen) atoms. The van der Waals surface area contributed by atoms with Crippen LogP contribution in [0.1, 0.15) is 18.3 Å². The van der Waals surface area contributed by atoms with Crippen molar-refractivity contribution >= 4 is 63.6 Å². The molecule has 1 heterocycles. The van der Waals surface area contributed by atoms with Crippen molar-refractivity contribution in [1.82, 2.24) is 14.9 Å². The van der Waals surface area contributed by atoms with Gasteiger partial charge in [0.15, 0.2) is 5.82 Å². The fraction of sp³-hybridized carbons (Fsp3) is 0.182. The van der Waals surface area contributed by atoms with Gasteiger partial charge in [0, 0.05) is 15.6 Å². The van der Waals surface area contributed by atoms with E-state index in [0.717, 1.165) is 19.4 Å². The van der Waals surface area contributed by atoms with Crippen molar-refractivity contribution in [3.05, 3.63) is 35.4 Å². The number of hydrogen-bond donors (Lipinski definition) is 2. The van der Waals surface area contributed by atoms with E-state index in [9.17, 15) is 5.11 Å². The van der Waals surface area contributed by atoms with Gasteiger partial charge in [-0.3, -0.25) is 5.10 Å². The number of hydrogen-bond acceptors (Lipinski definition) is 4. The van der Waals surface area contributed by atoms with Gasteiger partial charge in [0.05, 0.1) is 9.78 Å². The Labute approximate surface area is 142 Å². The molecule has 1 aromatic carbocycles. The number of nitrogens with one attached hydrogen (secondary N) is 1. The molecule has 2 N–H and O–H groups in total. The van der Waals surface area contributed by atoms with Crippen LogP contribution in [0.2, 0.25) is 0 Å². The molecular formula is C11H10I2N4OS. The van der Waals surface area contributed by atoms with Gasteiger partial charge in [0.1, 0.15) is 5.75 Å². The topological polar surface area (TPSA) is 66.2 Å². The Morgan fingerprint density at radius 3 is 2.95 bits per heavy atom. The zero-order chi connectivity index (χ0) is 14.0. The summed E-state index contributed by atoms with van der Waals surface area (Å²) in [5.74, 6) is 0.971. The number of aromatic hydroxyl groups is 1. The van der Waals surface area contributed by atoms with Crippen LogP contribution in [0.25, 0.3) is 0 Å². The maximum atomic E-state index is 9.99. The summed E-state index contributed by atoms with van der Waals surface area (Å²) in [6.07, 6.45) is 2.31. The van der Waals surface area contributed by atoms with Gasteiger partial charge in [-0.15, -0.1) is 0 Å². The number of aromatic amines is 1. The second-order valence-corrected chi connectivity index (χ2v) is 6.47. The lowest BCUT2D eigenvalue weighted by Crippen LogP contribution is -1.98. The monoisotopic (exact) mass is 500 g/mol. The van der Waals surface area contributed by atoms with Gasteiger partial charge in [-0.05, 0) is 69.5 Å². The number of aryl methyl sites for hydroxylation is 1. The third kappa shape index (κ3) is 3.34. The Hall–Kier alpha value is -0.490. The minimum Gasteiger partial charge on any atom is -0.506 e. The van der Waals surface area contributed by atoms with Crippen LogP contribution in [0.4, 0.5) is 0 Å². The molecule has 8 heteroatoms. The molecule has 5 nitrogen and oxygen atoms in total. The van der Waals surface area contributed by atoms with E-state index >= 15 is 0 Å². The van der Waals surface area contributed by atoms with Crippen molar-refractivity contribution in [3.8, 4) is 5.75 Å². The van der Waals surface area contributed by atoms with Crippen LogP contribution >= 0.6 is 57.4 Å². The number of phenols is 1. The Balaban J connectivity index is 2.43. The van der Waals surface area contributed by atoms with Crippen LogP contribution in [-0.4, -0.2) is 26.2 Å². The number of nitrogens with zero attached hydrogens (tertiary/aromatic N) is 3. The Kier molecular flexibility index (Phi) is 4.95. The number of aromatic nitrogens is 3. The summed E-state index contributed by atoms with van der Waals surface area (Å²) in [6, 6.07) is 3.76. The van der Waals surface area contributed by atoms with E-state index in [4.69, 9.17) is 12.2 Å². The molecule has 0 unspecified atom stereocenters. The Bertz CT molecular complexity index is 692. The third-order valence-electron chi connectivity index (χ3n) is 2.40. The molecule has 0 aliphatic carbocycles. The van der Waals surface area contributed by atoms with Crippen molar-refractivity contribution in [1.29, 1.82) is 0 Å². The first kappa shape index (κ1) is 14.9. The number of benzene rings is 1. The zero-order valence-corrected chi connectivity index (χ0v) is 15.0. The molecule has 100 valence electrons. The van der Waals surface area contributed by atoms with Gasteiger partial charge < -0.3 is 5.11 Å². The lowest BCUT2D eigenvalue weighted by molar-refractivity contribution is 0.470. The van der Waals surface area contributed by atoms with E-state index in [2.05, 4.69) is 60.5 Å². The summed E-state index contributed by atoms with van der Waals surface area (Å²) < 4.78 is 3.82. The number of rotatable bonds is 3. The Morgan fingerprint density at radius 1 is 1.53 bits per heavy atom. The van der Waals surface area contributed by atoms with Crippen LogP contribution < -0.4 is 0 Å². The van der Waals surface area contributed by atoms with Gasteiger partial charge in [0.2, 0.25) is 4.77 Å². The van der Waals surface area contributed by atoms with Crippen molar-refractivity contribution in [2.75, 3.05) is 0 Å². The normalized spacial score (nSPS) is 11.3. The SMILES string of the molecule is CCc1n[nH]c(=S)n1/N=C\c1cc(I)cc(I)c1O. The lowest BCUT2D eigenvalue weighted by Gasteiger charge is -2.03. The largest absolute Gasteiger partial charge is 0.506 e. The summed E-state index contributed by atoms with van der Waals surface area (Å²) in [4.78, 5) is 0. The van der Waals surface area contributed by atoms with E-state index in [1.54, 1.807) is 10.9 Å². The third-order valence-corrected chi connectivity index (χ3v) is 4.11. The molecule has 0 fully saturated rings. The molecular weight excluding hydrogens is 490 g/mol. The molecule has 0 aliphatic heterocycles. The molecule has 0 saturated heterocycles. The minimum absolute atomic E-state index is 0.220. The first-order valence-corrected chi connectivity index (χ1v) is 7.98. The van der Waals surface area contributed by atoms with E-state index in [-0.39, 0.29) is 5.75 Å². The predicted molar refractivity (Wildman–Crippen MR) is 93.3 cm³/mol. The molecule has 0 aliphatic rings. The van der Waals surface area contributed by atoms with Crippen LogP contribution in [0.15, 0.2) is 17.2 Å². The Morgan fingerprint density at radius 2 is 2.26 bits per heavy atom. The van der Waals surface area contributed by atoms with E-state index < -0.39 is 0 Å². The summed E-state index contributed by atoms with van der Waals surface area (Å²) in [6.45, 7) is 1.98. The smallest absolute Gasteiger partial charge is 0.216 e. The first-order chi connectivity index (χ1) is 9.02. The van der Waals surface area contributed by atoms with E-state index in [1.807, 2.05) is 19.1 Å². The fourth-order valence-electron chi connectivity index (χ4n) is 1.48. The highest BCUT2D eigenvalue weighted by molar-refractivity contribution is 14.1. The highest BCUT2D eigenvalue weighted by Gasteiger charge is 2.06. The van der Waals surface area contributed by atoms with E-state index in [0.29, 0.717) is 10.3 Å². The highest BCUT2D eigenvalue weighted by atomic mass is 127. The fourth-order valence-corrected chi connectivity index (χ4v) is 3.56. The van der Waals surface area contributed by atoms with Gasteiger partial charge in [-0.25, -0.2) is 0 Å². The van der Waals surface area contributed by atoms with Gasteiger partial charge >= 0.3 is 0 Å². The highest BCUT2D eigenvalue weighted by Crippen LogP contribution is 2.25. The standard InChI is InChI=1S/C11H10I2N4OS/c1-2-9-15-16-11(19)17(9)14-5-6-3-7(12)4-8(13)10(6)18/h3-5,18H,2H2,1H3,(H,16,19)/b14-5-. The molecule has 0 bridgehead atoms. The second kappa shape index (κ2) is 6.31. The molecule has 0 amide bonds. The van der Waals surface area contributed by atoms with Crippen LogP contribution in [0, 0.1) is 11.9 Å². The molecule has 0 saturated carbocycles. The van der Waals surface area contributed by atoms with Crippen molar-refractivity contribution in [2.24, 2.45) is 5.10 Å². The predicted octanol–water partition coefficient (Wildman–Crippen LogP) is 3.30. The molecule has 2 rings (SSSR count).